The summed E-state index contributed by atoms with van der Waals surface area (Å²) in [5, 5.41) is 0. The SMILES string of the molecule is COC12CC3CC(C1)CC(OC(=O)C14CC5CC(C(=O)OC(=O)CC6(C(C)=O)CC7CCCC(C6)C7=O)(CC(C1)C(=O)O5)C4)(C3)C2. The van der Waals surface area contributed by atoms with Crippen LogP contribution < -0.4 is 0 Å². The zero-order valence-electron chi connectivity index (χ0n) is 27.1. The molecule has 0 aromatic rings. The summed E-state index contributed by atoms with van der Waals surface area (Å²) >= 11 is 0. The lowest BCUT2D eigenvalue weighted by atomic mass is 9.51. The molecule has 10 rings (SSSR count). The van der Waals surface area contributed by atoms with Crippen molar-refractivity contribution in [1.29, 1.82) is 0 Å². The number of ketones is 2. The van der Waals surface area contributed by atoms with Crippen LogP contribution in [0.3, 0.4) is 0 Å². The van der Waals surface area contributed by atoms with Crippen LogP contribution in [0, 0.1) is 45.8 Å². The number of hydrogen-bond donors (Lipinski definition) is 0. The van der Waals surface area contributed by atoms with Gasteiger partial charge in [0.2, 0.25) is 0 Å². The predicted octanol–water partition coefficient (Wildman–Crippen LogP) is 4.57. The highest BCUT2D eigenvalue weighted by Crippen LogP contribution is 2.64. The van der Waals surface area contributed by atoms with Crippen molar-refractivity contribution in [3.8, 4) is 0 Å². The van der Waals surface area contributed by atoms with E-state index in [4.69, 9.17) is 18.9 Å². The van der Waals surface area contributed by atoms with Crippen LogP contribution in [0.25, 0.3) is 0 Å². The second kappa shape index (κ2) is 10.2. The number of fused-ring (bicyclic) bond motifs is 3. The first-order chi connectivity index (χ1) is 21.8. The quantitative estimate of drug-likeness (QED) is 0.221. The van der Waals surface area contributed by atoms with Crippen LogP contribution in [0.1, 0.15) is 116 Å². The van der Waals surface area contributed by atoms with Crippen molar-refractivity contribution in [3.05, 3.63) is 0 Å². The van der Waals surface area contributed by atoms with Gasteiger partial charge in [-0.25, -0.2) is 0 Å². The van der Waals surface area contributed by atoms with Crippen molar-refractivity contribution in [2.45, 2.75) is 133 Å². The largest absolute Gasteiger partial charge is 0.462 e. The second-order valence-corrected chi connectivity index (χ2v) is 17.1. The molecular weight excluding hydrogens is 592 g/mol. The number of esters is 4. The molecule has 46 heavy (non-hydrogen) atoms. The molecule has 10 heteroatoms. The van der Waals surface area contributed by atoms with Gasteiger partial charge in [-0.3, -0.25) is 28.8 Å². The highest BCUT2D eigenvalue weighted by molar-refractivity contribution is 5.96. The number of Topliss-reactive ketones (excluding diaryl/α,β-unsaturated/α-hetero) is 2. The lowest BCUT2D eigenvalue weighted by molar-refractivity contribution is -0.237. The minimum absolute atomic E-state index is 0.142. The Morgan fingerprint density at radius 2 is 1.37 bits per heavy atom. The van der Waals surface area contributed by atoms with Crippen LogP contribution >= 0.6 is 0 Å². The van der Waals surface area contributed by atoms with Crippen molar-refractivity contribution < 1.29 is 47.7 Å². The first-order valence-corrected chi connectivity index (χ1v) is 17.6. The number of hydrogen-bond acceptors (Lipinski definition) is 10. The van der Waals surface area contributed by atoms with E-state index in [9.17, 15) is 28.8 Å². The topological polar surface area (TPSA) is 139 Å². The molecule has 250 valence electrons. The molecular formula is C36H46O10. The third-order valence-corrected chi connectivity index (χ3v) is 14.0. The van der Waals surface area contributed by atoms with E-state index in [1.165, 1.54) is 6.92 Å². The maximum absolute atomic E-state index is 14.4. The summed E-state index contributed by atoms with van der Waals surface area (Å²) in [6.45, 7) is 1.46. The molecule has 10 aliphatic rings. The van der Waals surface area contributed by atoms with Gasteiger partial charge < -0.3 is 18.9 Å². The molecule has 2 saturated heterocycles. The van der Waals surface area contributed by atoms with Gasteiger partial charge in [-0.2, -0.15) is 0 Å². The van der Waals surface area contributed by atoms with Crippen LogP contribution in [0.5, 0.6) is 0 Å². The Balaban J connectivity index is 1.02. The lowest BCUT2D eigenvalue weighted by Crippen LogP contribution is -2.62. The predicted molar refractivity (Wildman–Crippen MR) is 158 cm³/mol. The van der Waals surface area contributed by atoms with Crippen molar-refractivity contribution >= 4 is 35.4 Å². The number of methoxy groups -OCH3 is 1. The maximum Gasteiger partial charge on any atom is 0.319 e. The molecule has 0 aromatic heterocycles. The molecule has 8 saturated carbocycles. The van der Waals surface area contributed by atoms with E-state index in [1.807, 2.05) is 0 Å². The smallest absolute Gasteiger partial charge is 0.319 e. The lowest BCUT2D eigenvalue weighted by Gasteiger charge is -2.61. The molecule has 10 nitrogen and oxygen atoms in total. The van der Waals surface area contributed by atoms with Gasteiger partial charge in [-0.05, 0) is 95.8 Å². The van der Waals surface area contributed by atoms with Gasteiger partial charge >= 0.3 is 23.9 Å². The van der Waals surface area contributed by atoms with Gasteiger partial charge in [0.1, 0.15) is 23.3 Å². The van der Waals surface area contributed by atoms with Crippen LogP contribution in [-0.2, 0) is 47.7 Å². The minimum atomic E-state index is -1.25. The Morgan fingerprint density at radius 3 is 1.98 bits per heavy atom. The highest BCUT2D eigenvalue weighted by atomic mass is 16.6. The van der Waals surface area contributed by atoms with E-state index >= 15 is 0 Å². The van der Waals surface area contributed by atoms with Gasteiger partial charge in [0.25, 0.3) is 0 Å². The molecule has 0 spiro atoms. The third kappa shape index (κ3) is 4.66. The summed E-state index contributed by atoms with van der Waals surface area (Å²) in [6.07, 6.45) is 8.50. The number of rotatable bonds is 7. The Labute approximate surface area is 269 Å². The van der Waals surface area contributed by atoms with Crippen molar-refractivity contribution in [1.82, 2.24) is 0 Å². The highest BCUT2D eigenvalue weighted by Gasteiger charge is 2.68. The first kappa shape index (κ1) is 30.7. The molecule has 10 bridgehead atoms. The summed E-state index contributed by atoms with van der Waals surface area (Å²) < 4.78 is 24.0. The van der Waals surface area contributed by atoms with Crippen molar-refractivity contribution in [2.24, 2.45) is 45.8 Å². The fourth-order valence-electron chi connectivity index (χ4n) is 12.6. The van der Waals surface area contributed by atoms with Crippen LogP contribution in [0.2, 0.25) is 0 Å². The fraction of sp³-hybridized carbons (Fsp3) is 0.833. The molecule has 8 aliphatic carbocycles. The Kier molecular flexibility index (Phi) is 6.80. The molecule has 8 atom stereocenters. The van der Waals surface area contributed by atoms with Crippen molar-refractivity contribution in [3.63, 3.8) is 0 Å². The molecule has 2 heterocycles. The number of carbonyl (C=O) groups is 6. The van der Waals surface area contributed by atoms with Gasteiger partial charge in [0.05, 0.1) is 28.8 Å². The van der Waals surface area contributed by atoms with Gasteiger partial charge in [0, 0.05) is 43.6 Å². The van der Waals surface area contributed by atoms with Crippen LogP contribution in [0.15, 0.2) is 0 Å². The molecule has 2 aliphatic heterocycles. The van der Waals surface area contributed by atoms with E-state index in [-0.39, 0.29) is 67.1 Å². The standard InChI is InChI=1S/C36H46O10/c1-20(37)32(11-23-4-3-5-24(12-32)28(23)39)17-27(38)45-30(41)33-13-25-14-34(18-33,16-26(15-33)44-29(25)40)31(42)46-36-9-21-6-22(10-36)8-35(7-21,19-36)43-2/h21-26H,3-19H2,1-2H3. The van der Waals surface area contributed by atoms with Crippen LogP contribution in [0.4, 0.5) is 0 Å². The van der Waals surface area contributed by atoms with E-state index in [1.54, 1.807) is 7.11 Å². The summed E-state index contributed by atoms with van der Waals surface area (Å²) in [7, 11) is 1.75. The molecule has 0 N–H and O–H groups in total. The number of ether oxygens (including phenoxy) is 4. The van der Waals surface area contributed by atoms with Gasteiger partial charge in [0.15, 0.2) is 0 Å². The molecule has 10 fully saturated rings. The maximum atomic E-state index is 14.4. The van der Waals surface area contributed by atoms with E-state index in [2.05, 4.69) is 0 Å². The summed E-state index contributed by atoms with van der Waals surface area (Å²) in [4.78, 5) is 80.8. The zero-order valence-corrected chi connectivity index (χ0v) is 27.1. The molecule has 0 radical (unpaired) electrons. The molecule has 0 amide bonds. The Morgan fingerprint density at radius 1 is 0.761 bits per heavy atom. The Hall–Kier alpha value is -2.62. The van der Waals surface area contributed by atoms with E-state index < -0.39 is 51.8 Å². The number of carbonyl (C=O) groups excluding carboxylic acids is 6. The summed E-state index contributed by atoms with van der Waals surface area (Å²) in [5.74, 6) is -2.55. The monoisotopic (exact) mass is 638 g/mol. The molecule has 0 aromatic carbocycles. The average molecular weight is 639 g/mol. The second-order valence-electron chi connectivity index (χ2n) is 17.1. The minimum Gasteiger partial charge on any atom is -0.462 e. The van der Waals surface area contributed by atoms with Crippen LogP contribution in [-0.4, -0.2) is 59.9 Å². The van der Waals surface area contributed by atoms with Gasteiger partial charge in [-0.1, -0.05) is 6.42 Å². The molecule has 8 unspecified atom stereocenters. The average Bonchev–Trinajstić information content (AvgIpc) is 3.12. The van der Waals surface area contributed by atoms with E-state index in [0.717, 1.165) is 38.5 Å². The normalized spacial score (nSPS) is 48.0. The van der Waals surface area contributed by atoms with Crippen molar-refractivity contribution in [2.75, 3.05) is 7.11 Å². The fourth-order valence-corrected chi connectivity index (χ4v) is 12.6. The van der Waals surface area contributed by atoms with Gasteiger partial charge in [-0.15, -0.1) is 0 Å². The summed E-state index contributed by atoms with van der Waals surface area (Å²) in [5.41, 5.74) is -4.24. The summed E-state index contributed by atoms with van der Waals surface area (Å²) in [6, 6.07) is 0. The Bertz CT molecular complexity index is 1380. The zero-order chi connectivity index (χ0) is 32.3. The third-order valence-electron chi connectivity index (χ3n) is 14.0. The van der Waals surface area contributed by atoms with E-state index in [0.29, 0.717) is 50.4 Å². The first-order valence-electron chi connectivity index (χ1n) is 17.6.